The first kappa shape index (κ1) is 13.1. The fourth-order valence-corrected chi connectivity index (χ4v) is 3.04. The number of hydrogen-bond acceptors (Lipinski definition) is 2. The highest BCUT2D eigenvalue weighted by Crippen LogP contribution is 2.26. The van der Waals surface area contributed by atoms with Crippen LogP contribution in [0.3, 0.4) is 0 Å². The maximum Gasteiger partial charge on any atom is 0.179 e. The molecule has 2 aromatic heterocycles. The highest BCUT2D eigenvalue weighted by molar-refractivity contribution is 7.71. The highest BCUT2D eigenvalue weighted by atomic mass is 32.1. The third kappa shape index (κ3) is 1.96. The van der Waals surface area contributed by atoms with Crippen molar-refractivity contribution in [3.63, 3.8) is 0 Å². The summed E-state index contributed by atoms with van der Waals surface area (Å²) in [6, 6.07) is 10.6. The Hall–Kier alpha value is -1.94. The van der Waals surface area contributed by atoms with Gasteiger partial charge in [-0.2, -0.15) is 0 Å². The van der Waals surface area contributed by atoms with Crippen molar-refractivity contribution < 1.29 is 0 Å². The molecule has 3 rings (SSSR count). The number of aromatic nitrogens is 3. The van der Waals surface area contributed by atoms with E-state index in [-0.39, 0.29) is 6.04 Å². The van der Waals surface area contributed by atoms with Crippen LogP contribution in [0.1, 0.15) is 29.7 Å². The molecule has 1 unspecified atom stereocenters. The topological polar surface area (TPSA) is 33.6 Å². The van der Waals surface area contributed by atoms with Crippen LogP contribution in [0.2, 0.25) is 0 Å². The Morgan fingerprint density at radius 2 is 1.90 bits per heavy atom. The molecular weight excluding hydrogens is 266 g/mol. The molecule has 0 spiro atoms. The lowest BCUT2D eigenvalue weighted by Gasteiger charge is -2.16. The predicted octanol–water partition coefficient (Wildman–Crippen LogP) is 4.32. The molecule has 0 aliphatic carbocycles. The number of fused-ring (bicyclic) bond motifs is 1. The van der Waals surface area contributed by atoms with Gasteiger partial charge in [-0.15, -0.1) is 0 Å². The Balaban J connectivity index is 2.25. The number of H-pyrrole nitrogens is 1. The minimum absolute atomic E-state index is 0.159. The summed E-state index contributed by atoms with van der Waals surface area (Å²) in [7, 11) is 0. The minimum atomic E-state index is 0.159. The quantitative estimate of drug-likeness (QED) is 0.711. The molecule has 4 heteroatoms. The van der Waals surface area contributed by atoms with E-state index in [1.807, 2.05) is 12.3 Å². The number of rotatable bonds is 2. The zero-order chi connectivity index (χ0) is 14.3. The van der Waals surface area contributed by atoms with E-state index >= 15 is 0 Å². The van der Waals surface area contributed by atoms with Gasteiger partial charge in [0.2, 0.25) is 0 Å². The van der Waals surface area contributed by atoms with E-state index < -0.39 is 0 Å². The number of nitrogens with zero attached hydrogens (tertiary/aromatic N) is 2. The first-order valence-electron chi connectivity index (χ1n) is 6.71. The SMILES string of the molecule is Cc1ccccc1C(C)n1c(=S)[nH]c2c(C)ccnc21. The van der Waals surface area contributed by atoms with Crippen molar-refractivity contribution in [3.05, 3.63) is 58.0 Å². The average Bonchev–Trinajstić information content (AvgIpc) is 2.76. The molecule has 0 saturated heterocycles. The minimum Gasteiger partial charge on any atom is -0.329 e. The van der Waals surface area contributed by atoms with Crippen LogP contribution in [-0.4, -0.2) is 14.5 Å². The Kier molecular flexibility index (Phi) is 3.18. The van der Waals surface area contributed by atoms with E-state index in [9.17, 15) is 0 Å². The second-order valence-electron chi connectivity index (χ2n) is 5.16. The van der Waals surface area contributed by atoms with E-state index in [4.69, 9.17) is 12.2 Å². The van der Waals surface area contributed by atoms with Crippen molar-refractivity contribution >= 4 is 23.4 Å². The first-order chi connectivity index (χ1) is 9.59. The van der Waals surface area contributed by atoms with Gasteiger partial charge in [0.05, 0.1) is 11.6 Å². The fraction of sp³-hybridized carbons (Fsp3) is 0.250. The summed E-state index contributed by atoms with van der Waals surface area (Å²) in [5.41, 5.74) is 5.65. The zero-order valence-corrected chi connectivity index (χ0v) is 12.7. The van der Waals surface area contributed by atoms with E-state index in [1.165, 1.54) is 11.1 Å². The molecule has 102 valence electrons. The summed E-state index contributed by atoms with van der Waals surface area (Å²) >= 11 is 5.50. The van der Waals surface area contributed by atoms with E-state index in [0.717, 1.165) is 21.5 Å². The van der Waals surface area contributed by atoms with Crippen LogP contribution in [0, 0.1) is 18.6 Å². The molecule has 3 nitrogen and oxygen atoms in total. The molecule has 0 bridgehead atoms. The van der Waals surface area contributed by atoms with Crippen molar-refractivity contribution in [2.45, 2.75) is 26.8 Å². The molecule has 0 radical (unpaired) electrons. The molecule has 0 fully saturated rings. The van der Waals surface area contributed by atoms with Crippen molar-refractivity contribution in [2.24, 2.45) is 0 Å². The van der Waals surface area contributed by atoms with Crippen LogP contribution in [0.5, 0.6) is 0 Å². The van der Waals surface area contributed by atoms with Gasteiger partial charge in [0.25, 0.3) is 0 Å². The summed E-state index contributed by atoms with van der Waals surface area (Å²) in [4.78, 5) is 7.78. The van der Waals surface area contributed by atoms with Gasteiger partial charge in [-0.1, -0.05) is 24.3 Å². The summed E-state index contributed by atoms with van der Waals surface area (Å²) in [5, 5.41) is 0. The maximum atomic E-state index is 5.50. The van der Waals surface area contributed by atoms with Crippen molar-refractivity contribution in [1.29, 1.82) is 0 Å². The van der Waals surface area contributed by atoms with Gasteiger partial charge in [0.1, 0.15) is 0 Å². The molecule has 1 aromatic carbocycles. The molecule has 2 heterocycles. The molecule has 0 amide bonds. The normalized spacial score (nSPS) is 12.8. The Morgan fingerprint density at radius 1 is 1.15 bits per heavy atom. The molecule has 0 aliphatic rings. The van der Waals surface area contributed by atoms with Gasteiger partial charge in [-0.3, -0.25) is 4.57 Å². The third-order valence-electron chi connectivity index (χ3n) is 3.84. The Labute approximate surface area is 123 Å². The van der Waals surface area contributed by atoms with Gasteiger partial charge >= 0.3 is 0 Å². The Bertz CT molecular complexity index is 829. The number of nitrogens with one attached hydrogen (secondary N) is 1. The van der Waals surface area contributed by atoms with E-state index in [2.05, 4.69) is 59.6 Å². The van der Waals surface area contributed by atoms with Gasteiger partial charge in [0.15, 0.2) is 10.4 Å². The van der Waals surface area contributed by atoms with E-state index in [1.54, 1.807) is 0 Å². The first-order valence-corrected chi connectivity index (χ1v) is 7.11. The van der Waals surface area contributed by atoms with Crippen LogP contribution < -0.4 is 0 Å². The molecule has 1 atom stereocenters. The lowest BCUT2D eigenvalue weighted by molar-refractivity contribution is 0.640. The Morgan fingerprint density at radius 3 is 2.65 bits per heavy atom. The number of benzene rings is 1. The van der Waals surface area contributed by atoms with Crippen LogP contribution in [0.25, 0.3) is 11.2 Å². The average molecular weight is 283 g/mol. The number of pyridine rings is 1. The van der Waals surface area contributed by atoms with Crippen LogP contribution in [0.4, 0.5) is 0 Å². The molecule has 0 saturated carbocycles. The summed E-state index contributed by atoms with van der Waals surface area (Å²) in [6.45, 7) is 6.36. The molecule has 3 aromatic rings. The number of aromatic amines is 1. The molecular formula is C16H17N3S. The third-order valence-corrected chi connectivity index (χ3v) is 4.14. The molecule has 1 N–H and O–H groups in total. The van der Waals surface area contributed by atoms with Gasteiger partial charge in [0, 0.05) is 6.20 Å². The smallest absolute Gasteiger partial charge is 0.179 e. The number of imidazole rings is 1. The molecule has 20 heavy (non-hydrogen) atoms. The maximum absolute atomic E-state index is 5.50. The van der Waals surface area contributed by atoms with Crippen molar-refractivity contribution in [1.82, 2.24) is 14.5 Å². The summed E-state index contributed by atoms with van der Waals surface area (Å²) in [6.07, 6.45) is 1.83. The zero-order valence-electron chi connectivity index (χ0n) is 11.8. The fourth-order valence-electron chi connectivity index (χ4n) is 2.70. The number of hydrogen-bond donors (Lipinski definition) is 1. The summed E-state index contributed by atoms with van der Waals surface area (Å²) in [5.74, 6) is 0. The lowest BCUT2D eigenvalue weighted by atomic mass is 10.0. The van der Waals surface area contributed by atoms with E-state index in [0.29, 0.717) is 0 Å². The molecule has 0 aliphatic heterocycles. The second kappa shape index (κ2) is 4.87. The highest BCUT2D eigenvalue weighted by Gasteiger charge is 2.16. The lowest BCUT2D eigenvalue weighted by Crippen LogP contribution is -2.09. The van der Waals surface area contributed by atoms with Crippen LogP contribution in [0.15, 0.2) is 36.5 Å². The predicted molar refractivity (Wildman–Crippen MR) is 84.6 cm³/mol. The van der Waals surface area contributed by atoms with Crippen LogP contribution >= 0.6 is 12.2 Å². The van der Waals surface area contributed by atoms with Crippen LogP contribution in [-0.2, 0) is 0 Å². The number of aryl methyl sites for hydroxylation is 2. The standard InChI is InChI=1S/C16H17N3S/c1-10-6-4-5-7-13(10)12(3)19-15-14(18-16(19)20)11(2)8-9-17-15/h4-9,12H,1-3H3,(H,18,20). The van der Waals surface area contributed by atoms with Gasteiger partial charge in [-0.25, -0.2) is 4.98 Å². The largest absolute Gasteiger partial charge is 0.329 e. The van der Waals surface area contributed by atoms with Gasteiger partial charge < -0.3 is 4.98 Å². The second-order valence-corrected chi connectivity index (χ2v) is 5.55. The summed E-state index contributed by atoms with van der Waals surface area (Å²) < 4.78 is 2.82. The van der Waals surface area contributed by atoms with Crippen molar-refractivity contribution in [3.8, 4) is 0 Å². The van der Waals surface area contributed by atoms with Gasteiger partial charge in [-0.05, 0) is 55.7 Å². The monoisotopic (exact) mass is 283 g/mol. The van der Waals surface area contributed by atoms with Crippen molar-refractivity contribution in [2.75, 3.05) is 0 Å².